The van der Waals surface area contributed by atoms with Crippen LogP contribution >= 0.6 is 0 Å². The third-order valence-corrected chi connectivity index (χ3v) is 4.44. The fraction of sp³-hybridized carbons (Fsp3) is 0.200. The number of ether oxygens (including phenoxy) is 2. The first kappa shape index (κ1) is 17.7. The molecule has 0 aliphatic heterocycles. The summed E-state index contributed by atoms with van der Waals surface area (Å²) in [7, 11) is 3.16. The van der Waals surface area contributed by atoms with E-state index < -0.39 is 0 Å². The van der Waals surface area contributed by atoms with Gasteiger partial charge in [-0.1, -0.05) is 28.1 Å². The zero-order valence-electron chi connectivity index (χ0n) is 16.0. The van der Waals surface area contributed by atoms with Gasteiger partial charge in [0.1, 0.15) is 0 Å². The first-order valence-electron chi connectivity index (χ1n) is 8.66. The highest BCUT2D eigenvalue weighted by Crippen LogP contribution is 2.32. The molecule has 0 aliphatic rings. The van der Waals surface area contributed by atoms with Crippen LogP contribution in [-0.4, -0.2) is 39.4 Å². The summed E-state index contributed by atoms with van der Waals surface area (Å²) in [6.45, 7) is 3.96. The van der Waals surface area contributed by atoms with E-state index in [2.05, 4.69) is 20.5 Å². The van der Waals surface area contributed by atoms with Gasteiger partial charge < -0.3 is 14.0 Å². The van der Waals surface area contributed by atoms with Crippen molar-refractivity contribution < 1.29 is 14.0 Å². The molecule has 0 N–H and O–H groups in total. The Morgan fingerprint density at radius 3 is 2.39 bits per heavy atom. The van der Waals surface area contributed by atoms with Crippen molar-refractivity contribution >= 4 is 0 Å². The Morgan fingerprint density at radius 1 is 0.929 bits per heavy atom. The second-order valence-electron chi connectivity index (χ2n) is 6.26. The molecule has 0 spiro atoms. The monoisotopic (exact) mass is 377 g/mol. The van der Waals surface area contributed by atoms with Crippen molar-refractivity contribution in [2.45, 2.75) is 13.8 Å². The number of benzene rings is 2. The van der Waals surface area contributed by atoms with Gasteiger partial charge in [0.25, 0.3) is 5.89 Å². The molecule has 2 heterocycles. The molecule has 142 valence electrons. The van der Waals surface area contributed by atoms with E-state index in [0.29, 0.717) is 28.9 Å². The van der Waals surface area contributed by atoms with Crippen LogP contribution in [0.5, 0.6) is 11.5 Å². The largest absolute Gasteiger partial charge is 0.493 e. The summed E-state index contributed by atoms with van der Waals surface area (Å²) in [5.41, 5.74) is 4.21. The summed E-state index contributed by atoms with van der Waals surface area (Å²) in [6, 6.07) is 13.4. The van der Waals surface area contributed by atoms with Crippen molar-refractivity contribution in [1.29, 1.82) is 0 Å². The fourth-order valence-electron chi connectivity index (χ4n) is 2.87. The summed E-state index contributed by atoms with van der Waals surface area (Å²) >= 11 is 0. The summed E-state index contributed by atoms with van der Waals surface area (Å²) in [6.07, 6.45) is 0. The van der Waals surface area contributed by atoms with E-state index >= 15 is 0 Å². The average Bonchev–Trinajstić information content (AvgIpc) is 3.35. The standard InChI is InChI=1S/C20H19N5O3/c1-12-5-8-15(9-6-12)25-13(2)18(22-24-25)19-21-20(28-23-19)14-7-10-16(26-3)17(11-14)27-4/h5-11H,1-4H3. The number of nitrogens with zero attached hydrogens (tertiary/aromatic N) is 5. The van der Waals surface area contributed by atoms with E-state index in [-0.39, 0.29) is 0 Å². The van der Waals surface area contributed by atoms with Crippen LogP contribution in [0.4, 0.5) is 0 Å². The fourth-order valence-corrected chi connectivity index (χ4v) is 2.87. The first-order chi connectivity index (χ1) is 13.6. The molecule has 2 aromatic heterocycles. The molecule has 8 nitrogen and oxygen atoms in total. The predicted molar refractivity (Wildman–Crippen MR) is 103 cm³/mol. The van der Waals surface area contributed by atoms with E-state index in [4.69, 9.17) is 14.0 Å². The zero-order chi connectivity index (χ0) is 19.7. The molecule has 0 bridgehead atoms. The lowest BCUT2D eigenvalue weighted by atomic mass is 10.2. The number of aromatic nitrogens is 5. The Labute approximate surface area is 161 Å². The SMILES string of the molecule is COc1ccc(-c2nc(-c3nnn(-c4ccc(C)cc4)c3C)no2)cc1OC. The van der Waals surface area contributed by atoms with E-state index in [1.807, 2.05) is 44.2 Å². The maximum atomic E-state index is 5.43. The van der Waals surface area contributed by atoms with Gasteiger partial charge >= 0.3 is 0 Å². The summed E-state index contributed by atoms with van der Waals surface area (Å²) in [5, 5.41) is 12.5. The van der Waals surface area contributed by atoms with Crippen molar-refractivity contribution in [3.8, 4) is 40.2 Å². The lowest BCUT2D eigenvalue weighted by Crippen LogP contribution is -1.99. The molecule has 28 heavy (non-hydrogen) atoms. The molecule has 4 rings (SSSR count). The summed E-state index contributed by atoms with van der Waals surface area (Å²) < 4.78 is 17.8. The molecule has 0 saturated heterocycles. The molecule has 0 unspecified atom stereocenters. The Morgan fingerprint density at radius 2 is 1.68 bits per heavy atom. The molecular formula is C20H19N5O3. The second kappa shape index (κ2) is 7.15. The van der Waals surface area contributed by atoms with E-state index in [9.17, 15) is 0 Å². The smallest absolute Gasteiger partial charge is 0.258 e. The van der Waals surface area contributed by atoms with E-state index in [0.717, 1.165) is 16.9 Å². The lowest BCUT2D eigenvalue weighted by molar-refractivity contribution is 0.355. The summed E-state index contributed by atoms with van der Waals surface area (Å²) in [4.78, 5) is 4.47. The van der Waals surface area contributed by atoms with Crippen LogP contribution in [0.25, 0.3) is 28.7 Å². The molecule has 0 saturated carbocycles. The van der Waals surface area contributed by atoms with Gasteiger partial charge in [-0.05, 0) is 44.2 Å². The third-order valence-electron chi connectivity index (χ3n) is 4.44. The quantitative estimate of drug-likeness (QED) is 0.525. The first-order valence-corrected chi connectivity index (χ1v) is 8.66. The highest BCUT2D eigenvalue weighted by Gasteiger charge is 2.19. The number of hydrogen-bond donors (Lipinski definition) is 0. The number of methoxy groups -OCH3 is 2. The molecule has 0 fully saturated rings. The minimum Gasteiger partial charge on any atom is -0.493 e. The van der Waals surface area contributed by atoms with Crippen molar-refractivity contribution in [2.24, 2.45) is 0 Å². The highest BCUT2D eigenvalue weighted by atomic mass is 16.5. The normalized spacial score (nSPS) is 10.9. The van der Waals surface area contributed by atoms with Crippen LogP contribution in [0.2, 0.25) is 0 Å². The molecule has 0 radical (unpaired) electrons. The van der Waals surface area contributed by atoms with Crippen LogP contribution in [0, 0.1) is 13.8 Å². The van der Waals surface area contributed by atoms with Gasteiger partial charge in [-0.3, -0.25) is 0 Å². The van der Waals surface area contributed by atoms with E-state index in [1.165, 1.54) is 5.56 Å². The Kier molecular flexibility index (Phi) is 4.52. The Balaban J connectivity index is 1.68. The number of hydrogen-bond acceptors (Lipinski definition) is 7. The minimum absolute atomic E-state index is 0.361. The molecule has 8 heteroatoms. The van der Waals surface area contributed by atoms with Crippen molar-refractivity contribution in [2.75, 3.05) is 14.2 Å². The highest BCUT2D eigenvalue weighted by molar-refractivity contribution is 5.62. The minimum atomic E-state index is 0.361. The number of aryl methyl sites for hydroxylation is 1. The average molecular weight is 377 g/mol. The number of rotatable bonds is 5. The van der Waals surface area contributed by atoms with Crippen LogP contribution in [0.3, 0.4) is 0 Å². The summed E-state index contributed by atoms with van der Waals surface area (Å²) in [5.74, 6) is 1.95. The van der Waals surface area contributed by atoms with Gasteiger partial charge in [-0.25, -0.2) is 4.68 Å². The Hall–Kier alpha value is -3.68. The third kappa shape index (κ3) is 3.09. The topological polar surface area (TPSA) is 88.1 Å². The van der Waals surface area contributed by atoms with E-state index in [1.54, 1.807) is 31.0 Å². The maximum absolute atomic E-state index is 5.43. The van der Waals surface area contributed by atoms with Crippen molar-refractivity contribution in [1.82, 2.24) is 25.1 Å². The molecule has 0 atom stereocenters. The Bertz CT molecular complexity index is 1120. The van der Waals surface area contributed by atoms with Gasteiger partial charge in [0.05, 0.1) is 25.6 Å². The molecule has 2 aromatic carbocycles. The van der Waals surface area contributed by atoms with Crippen molar-refractivity contribution in [3.63, 3.8) is 0 Å². The van der Waals surface area contributed by atoms with Gasteiger partial charge in [-0.2, -0.15) is 4.98 Å². The van der Waals surface area contributed by atoms with Crippen molar-refractivity contribution in [3.05, 3.63) is 53.7 Å². The van der Waals surface area contributed by atoms with Crippen LogP contribution in [0.1, 0.15) is 11.3 Å². The lowest BCUT2D eigenvalue weighted by Gasteiger charge is -2.07. The van der Waals surface area contributed by atoms with Crippen LogP contribution < -0.4 is 9.47 Å². The van der Waals surface area contributed by atoms with Gasteiger partial charge in [0.2, 0.25) is 5.82 Å². The molecule has 0 amide bonds. The predicted octanol–water partition coefficient (Wildman–Crippen LogP) is 3.62. The van der Waals surface area contributed by atoms with Gasteiger partial charge in [0, 0.05) is 5.56 Å². The maximum Gasteiger partial charge on any atom is 0.258 e. The van der Waals surface area contributed by atoms with Crippen LogP contribution in [-0.2, 0) is 0 Å². The van der Waals surface area contributed by atoms with Gasteiger partial charge in [0.15, 0.2) is 17.2 Å². The second-order valence-corrected chi connectivity index (χ2v) is 6.26. The zero-order valence-corrected chi connectivity index (χ0v) is 16.0. The van der Waals surface area contributed by atoms with Gasteiger partial charge in [-0.15, -0.1) is 5.10 Å². The molecule has 4 aromatic rings. The van der Waals surface area contributed by atoms with Crippen LogP contribution in [0.15, 0.2) is 47.0 Å². The molecule has 0 aliphatic carbocycles. The molecular weight excluding hydrogens is 358 g/mol.